The summed E-state index contributed by atoms with van der Waals surface area (Å²) in [5.74, 6) is -0.799. The zero-order valence-corrected chi connectivity index (χ0v) is 25.9. The van der Waals surface area contributed by atoms with Crippen LogP contribution >= 0.6 is 0 Å². The molecule has 0 aliphatic rings. The summed E-state index contributed by atoms with van der Waals surface area (Å²) in [6.07, 6.45) is 0.261. The van der Waals surface area contributed by atoms with Gasteiger partial charge in [-0.25, -0.2) is 8.42 Å². The molecule has 0 aliphatic heterocycles. The average Bonchev–Trinajstić information content (AvgIpc) is 2.99. The Kier molecular flexibility index (Phi) is 10.0. The highest BCUT2D eigenvalue weighted by Crippen LogP contribution is 2.25. The van der Waals surface area contributed by atoms with E-state index < -0.39 is 34.1 Å². The number of anilines is 1. The van der Waals surface area contributed by atoms with Gasteiger partial charge in [-0.1, -0.05) is 91.0 Å². The molecule has 0 bridgehead atoms. The van der Waals surface area contributed by atoms with Crippen molar-refractivity contribution in [3.8, 4) is 0 Å². The molecular formula is C35H39N3O4S. The van der Waals surface area contributed by atoms with E-state index in [2.05, 4.69) is 5.32 Å². The summed E-state index contributed by atoms with van der Waals surface area (Å²) in [5, 5.41) is 3.05. The van der Waals surface area contributed by atoms with Crippen LogP contribution in [-0.4, -0.2) is 43.3 Å². The molecule has 8 heteroatoms. The van der Waals surface area contributed by atoms with Crippen molar-refractivity contribution in [2.24, 2.45) is 0 Å². The predicted molar refractivity (Wildman–Crippen MR) is 171 cm³/mol. The predicted octanol–water partition coefficient (Wildman–Crippen LogP) is 5.75. The van der Waals surface area contributed by atoms with Gasteiger partial charge in [0.2, 0.25) is 11.8 Å². The van der Waals surface area contributed by atoms with Crippen LogP contribution in [0.15, 0.2) is 120 Å². The third kappa shape index (κ3) is 8.32. The topological polar surface area (TPSA) is 86.8 Å². The maximum absolute atomic E-state index is 14.5. The van der Waals surface area contributed by atoms with Crippen molar-refractivity contribution in [3.63, 3.8) is 0 Å². The molecule has 0 aromatic heterocycles. The Hall–Kier alpha value is -4.43. The standard InChI is InChI=1S/C35H39N3O4S/c1-27-16-14-15-19-29(27)25-37(32(34(40)36-35(2,3)4)24-28-17-8-5-9-18-28)33(39)26-38(30-20-10-6-11-21-30)43(41,42)31-22-12-7-13-23-31/h5-23,32H,24-26H2,1-4H3,(H,36,40). The Labute approximate surface area is 255 Å². The first-order valence-corrected chi connectivity index (χ1v) is 15.7. The average molecular weight is 598 g/mol. The maximum Gasteiger partial charge on any atom is 0.264 e. The molecule has 0 radical (unpaired) electrons. The number of hydrogen-bond acceptors (Lipinski definition) is 4. The van der Waals surface area contributed by atoms with E-state index in [0.717, 1.165) is 21.0 Å². The molecular weight excluding hydrogens is 558 g/mol. The second-order valence-corrected chi connectivity index (χ2v) is 13.4. The van der Waals surface area contributed by atoms with Gasteiger partial charge in [0.05, 0.1) is 10.6 Å². The lowest BCUT2D eigenvalue weighted by atomic mass is 10.00. The van der Waals surface area contributed by atoms with Crippen molar-refractivity contribution in [1.29, 1.82) is 0 Å². The van der Waals surface area contributed by atoms with Crippen LogP contribution in [0.1, 0.15) is 37.5 Å². The summed E-state index contributed by atoms with van der Waals surface area (Å²) in [7, 11) is -4.11. The van der Waals surface area contributed by atoms with Gasteiger partial charge in [0.25, 0.3) is 10.0 Å². The number of sulfonamides is 1. The number of carbonyl (C=O) groups excluding carboxylic acids is 2. The summed E-state index contributed by atoms with van der Waals surface area (Å²) >= 11 is 0. The number of para-hydroxylation sites is 1. The number of benzene rings is 4. The molecule has 0 heterocycles. The minimum Gasteiger partial charge on any atom is -0.350 e. The Morgan fingerprint density at radius 1 is 0.767 bits per heavy atom. The quantitative estimate of drug-likeness (QED) is 0.239. The Balaban J connectivity index is 1.80. The van der Waals surface area contributed by atoms with E-state index in [0.29, 0.717) is 5.69 Å². The van der Waals surface area contributed by atoms with Crippen molar-refractivity contribution >= 4 is 27.5 Å². The summed E-state index contributed by atoms with van der Waals surface area (Å²) < 4.78 is 29.0. The molecule has 7 nitrogen and oxygen atoms in total. The number of rotatable bonds is 11. The van der Waals surface area contributed by atoms with Crippen molar-refractivity contribution in [1.82, 2.24) is 10.2 Å². The van der Waals surface area contributed by atoms with Gasteiger partial charge >= 0.3 is 0 Å². The van der Waals surface area contributed by atoms with Gasteiger partial charge in [-0.15, -0.1) is 0 Å². The normalized spacial score (nSPS) is 12.3. The number of carbonyl (C=O) groups is 2. The highest BCUT2D eigenvalue weighted by atomic mass is 32.2. The van der Waals surface area contributed by atoms with E-state index >= 15 is 0 Å². The Morgan fingerprint density at radius 3 is 1.88 bits per heavy atom. The van der Waals surface area contributed by atoms with Gasteiger partial charge in [0.1, 0.15) is 12.6 Å². The second-order valence-electron chi connectivity index (χ2n) is 11.6. The Morgan fingerprint density at radius 2 is 1.30 bits per heavy atom. The lowest BCUT2D eigenvalue weighted by molar-refractivity contribution is -0.140. The first-order chi connectivity index (χ1) is 20.5. The highest BCUT2D eigenvalue weighted by Gasteiger charge is 2.35. The molecule has 0 fully saturated rings. The molecule has 4 aromatic rings. The molecule has 2 amide bonds. The lowest BCUT2D eigenvalue weighted by Gasteiger charge is -2.35. The van der Waals surface area contributed by atoms with Gasteiger partial charge in [-0.2, -0.15) is 0 Å². The van der Waals surface area contributed by atoms with Crippen LogP contribution in [0.25, 0.3) is 0 Å². The first kappa shape index (κ1) is 31.5. The molecule has 4 rings (SSSR count). The van der Waals surface area contributed by atoms with E-state index in [4.69, 9.17) is 0 Å². The fourth-order valence-electron chi connectivity index (χ4n) is 4.82. The smallest absolute Gasteiger partial charge is 0.264 e. The monoisotopic (exact) mass is 597 g/mol. The van der Waals surface area contributed by atoms with Gasteiger partial charge in [-0.3, -0.25) is 13.9 Å². The van der Waals surface area contributed by atoms with Gasteiger partial charge in [0.15, 0.2) is 0 Å². The van der Waals surface area contributed by atoms with E-state index in [1.807, 2.05) is 82.3 Å². The van der Waals surface area contributed by atoms with E-state index in [9.17, 15) is 18.0 Å². The molecule has 224 valence electrons. The summed E-state index contributed by atoms with van der Waals surface area (Å²) in [6, 6.07) is 32.9. The number of aryl methyl sites for hydroxylation is 1. The van der Waals surface area contributed by atoms with Crippen molar-refractivity contribution in [2.75, 3.05) is 10.8 Å². The van der Waals surface area contributed by atoms with E-state index in [1.165, 1.54) is 17.0 Å². The molecule has 1 unspecified atom stereocenters. The maximum atomic E-state index is 14.5. The van der Waals surface area contributed by atoms with E-state index in [-0.39, 0.29) is 23.8 Å². The first-order valence-electron chi connectivity index (χ1n) is 14.3. The minimum atomic E-state index is -4.11. The fraction of sp³-hybridized carbons (Fsp3) is 0.257. The third-order valence-electron chi connectivity index (χ3n) is 7.03. The fourth-order valence-corrected chi connectivity index (χ4v) is 6.26. The van der Waals surface area contributed by atoms with Crippen LogP contribution in [0.4, 0.5) is 5.69 Å². The highest BCUT2D eigenvalue weighted by molar-refractivity contribution is 7.92. The van der Waals surface area contributed by atoms with Crippen LogP contribution < -0.4 is 9.62 Å². The molecule has 0 saturated carbocycles. The van der Waals surface area contributed by atoms with Crippen LogP contribution in [0.2, 0.25) is 0 Å². The SMILES string of the molecule is Cc1ccccc1CN(C(=O)CN(c1ccccc1)S(=O)(=O)c1ccccc1)C(Cc1ccccc1)C(=O)NC(C)(C)C. The number of hydrogen-bond donors (Lipinski definition) is 1. The second kappa shape index (κ2) is 13.7. The van der Waals surface area contributed by atoms with Gasteiger partial charge in [-0.05, 0) is 68.7 Å². The molecule has 4 aromatic carbocycles. The number of nitrogens with one attached hydrogen (secondary N) is 1. The Bertz CT molecular complexity index is 1620. The summed E-state index contributed by atoms with van der Waals surface area (Å²) in [5.41, 5.74) is 2.53. The third-order valence-corrected chi connectivity index (χ3v) is 8.81. The van der Waals surface area contributed by atoms with Crippen molar-refractivity contribution in [2.45, 2.75) is 57.1 Å². The van der Waals surface area contributed by atoms with E-state index in [1.54, 1.807) is 48.5 Å². The van der Waals surface area contributed by atoms with Gasteiger partial charge in [0, 0.05) is 18.5 Å². The molecule has 0 saturated heterocycles. The van der Waals surface area contributed by atoms with Crippen LogP contribution in [0.5, 0.6) is 0 Å². The van der Waals surface area contributed by atoms with Crippen molar-refractivity contribution < 1.29 is 18.0 Å². The molecule has 1 atom stereocenters. The van der Waals surface area contributed by atoms with Crippen LogP contribution in [0.3, 0.4) is 0 Å². The number of nitrogens with zero attached hydrogens (tertiary/aromatic N) is 2. The molecule has 0 aliphatic carbocycles. The van der Waals surface area contributed by atoms with Crippen LogP contribution in [0, 0.1) is 6.92 Å². The van der Waals surface area contributed by atoms with Crippen LogP contribution in [-0.2, 0) is 32.6 Å². The lowest BCUT2D eigenvalue weighted by Crippen LogP contribution is -2.56. The number of amides is 2. The van der Waals surface area contributed by atoms with Crippen molar-refractivity contribution in [3.05, 3.63) is 132 Å². The molecule has 1 N–H and O–H groups in total. The molecule has 0 spiro atoms. The molecule has 43 heavy (non-hydrogen) atoms. The zero-order valence-electron chi connectivity index (χ0n) is 25.1. The minimum absolute atomic E-state index is 0.0726. The zero-order chi connectivity index (χ0) is 31.0. The summed E-state index contributed by atoms with van der Waals surface area (Å²) in [6.45, 7) is 7.27. The largest absolute Gasteiger partial charge is 0.350 e. The van der Waals surface area contributed by atoms with Gasteiger partial charge < -0.3 is 10.2 Å². The summed E-state index contributed by atoms with van der Waals surface area (Å²) in [4.78, 5) is 30.0.